The maximum atomic E-state index is 12.3. The van der Waals surface area contributed by atoms with E-state index in [2.05, 4.69) is 4.98 Å². The number of morpholine rings is 1. The Balaban J connectivity index is 1.79. The summed E-state index contributed by atoms with van der Waals surface area (Å²) in [5, 5.41) is 0.886. The van der Waals surface area contributed by atoms with Crippen molar-refractivity contribution < 1.29 is 9.53 Å². The summed E-state index contributed by atoms with van der Waals surface area (Å²) in [5.74, 6) is 0.0583. The molecule has 0 spiro atoms. The molecule has 1 aliphatic rings. The maximum absolute atomic E-state index is 12.3. The highest BCUT2D eigenvalue weighted by Gasteiger charge is 2.20. The SMILES string of the molecule is O=C(c1cnc(-c2ccccc2)s1)N1CCOCC1. The highest BCUT2D eigenvalue weighted by Crippen LogP contribution is 2.25. The molecule has 1 aromatic carbocycles. The number of benzene rings is 1. The van der Waals surface area contributed by atoms with Gasteiger partial charge in [-0.05, 0) is 0 Å². The predicted molar refractivity (Wildman–Crippen MR) is 74.3 cm³/mol. The topological polar surface area (TPSA) is 42.4 Å². The number of carbonyl (C=O) groups is 1. The molecule has 3 rings (SSSR count). The van der Waals surface area contributed by atoms with Crippen molar-refractivity contribution in [3.63, 3.8) is 0 Å². The summed E-state index contributed by atoms with van der Waals surface area (Å²) in [6.45, 7) is 2.57. The first kappa shape index (κ1) is 12.3. The molecule has 0 unspecified atom stereocenters. The largest absolute Gasteiger partial charge is 0.378 e. The van der Waals surface area contributed by atoms with Crippen molar-refractivity contribution in [2.45, 2.75) is 0 Å². The molecule has 1 aromatic heterocycles. The van der Waals surface area contributed by atoms with Gasteiger partial charge in [-0.2, -0.15) is 0 Å². The number of hydrogen-bond acceptors (Lipinski definition) is 4. The van der Waals surface area contributed by atoms with Crippen LogP contribution in [0.25, 0.3) is 10.6 Å². The van der Waals surface area contributed by atoms with Crippen molar-refractivity contribution in [1.82, 2.24) is 9.88 Å². The predicted octanol–water partition coefficient (Wildman–Crippen LogP) is 2.28. The van der Waals surface area contributed by atoms with Crippen LogP contribution in [-0.2, 0) is 4.74 Å². The van der Waals surface area contributed by atoms with E-state index in [0.29, 0.717) is 31.2 Å². The van der Waals surface area contributed by atoms with Crippen LogP contribution in [0.5, 0.6) is 0 Å². The molecule has 1 fully saturated rings. The van der Waals surface area contributed by atoms with Crippen LogP contribution < -0.4 is 0 Å². The Kier molecular flexibility index (Phi) is 3.57. The zero-order valence-electron chi connectivity index (χ0n) is 10.4. The number of nitrogens with zero attached hydrogens (tertiary/aromatic N) is 2. The average molecular weight is 274 g/mol. The summed E-state index contributed by atoms with van der Waals surface area (Å²) in [6.07, 6.45) is 1.67. The van der Waals surface area contributed by atoms with Gasteiger partial charge in [0.1, 0.15) is 9.88 Å². The second-order valence-electron chi connectivity index (χ2n) is 4.30. The molecule has 1 aliphatic heterocycles. The second kappa shape index (κ2) is 5.50. The average Bonchev–Trinajstić information content (AvgIpc) is 2.98. The van der Waals surface area contributed by atoms with E-state index in [1.807, 2.05) is 35.2 Å². The number of hydrogen-bond donors (Lipinski definition) is 0. The third-order valence-electron chi connectivity index (χ3n) is 3.04. The lowest BCUT2D eigenvalue weighted by atomic mass is 10.2. The van der Waals surface area contributed by atoms with E-state index in [-0.39, 0.29) is 5.91 Å². The molecule has 19 heavy (non-hydrogen) atoms. The van der Waals surface area contributed by atoms with Crippen LogP contribution in [0.15, 0.2) is 36.5 Å². The van der Waals surface area contributed by atoms with Crippen LogP contribution >= 0.6 is 11.3 Å². The molecule has 0 aliphatic carbocycles. The summed E-state index contributed by atoms with van der Waals surface area (Å²) in [4.78, 5) is 19.1. The molecule has 0 atom stereocenters. The van der Waals surface area contributed by atoms with E-state index in [1.54, 1.807) is 6.20 Å². The number of rotatable bonds is 2. The molecule has 2 heterocycles. The standard InChI is InChI=1S/C14H14N2O2S/c17-14(16-6-8-18-9-7-16)12-10-15-13(19-12)11-4-2-1-3-5-11/h1-5,10H,6-9H2. The van der Waals surface area contributed by atoms with Gasteiger partial charge in [-0.1, -0.05) is 30.3 Å². The Morgan fingerprint density at radius 2 is 1.95 bits per heavy atom. The lowest BCUT2D eigenvalue weighted by Crippen LogP contribution is -2.40. The molecule has 98 valence electrons. The Bertz CT molecular complexity index is 562. The Labute approximate surface area is 115 Å². The number of amides is 1. The van der Waals surface area contributed by atoms with Crippen LogP contribution in [-0.4, -0.2) is 42.1 Å². The molecule has 4 nitrogen and oxygen atoms in total. The van der Waals surface area contributed by atoms with Crippen LogP contribution in [0.4, 0.5) is 0 Å². The number of carbonyl (C=O) groups excluding carboxylic acids is 1. The first-order valence-corrected chi connectivity index (χ1v) is 7.04. The Hall–Kier alpha value is -1.72. The first-order valence-electron chi connectivity index (χ1n) is 6.23. The van der Waals surface area contributed by atoms with E-state index >= 15 is 0 Å². The van der Waals surface area contributed by atoms with E-state index in [9.17, 15) is 4.79 Å². The molecule has 0 radical (unpaired) electrons. The van der Waals surface area contributed by atoms with Crippen molar-refractivity contribution in [3.8, 4) is 10.6 Å². The Morgan fingerprint density at radius 3 is 2.68 bits per heavy atom. The fourth-order valence-corrected chi connectivity index (χ4v) is 2.90. The molecular formula is C14H14N2O2S. The fraction of sp³-hybridized carbons (Fsp3) is 0.286. The highest BCUT2D eigenvalue weighted by atomic mass is 32.1. The first-order chi connectivity index (χ1) is 9.34. The van der Waals surface area contributed by atoms with Gasteiger partial charge in [-0.25, -0.2) is 4.98 Å². The lowest BCUT2D eigenvalue weighted by molar-refractivity contribution is 0.0306. The van der Waals surface area contributed by atoms with Gasteiger partial charge in [0, 0.05) is 18.7 Å². The minimum absolute atomic E-state index is 0.0583. The summed E-state index contributed by atoms with van der Waals surface area (Å²) >= 11 is 1.44. The van der Waals surface area contributed by atoms with Gasteiger partial charge in [-0.3, -0.25) is 4.79 Å². The van der Waals surface area contributed by atoms with E-state index in [1.165, 1.54) is 11.3 Å². The van der Waals surface area contributed by atoms with Gasteiger partial charge >= 0.3 is 0 Å². The molecule has 0 N–H and O–H groups in total. The van der Waals surface area contributed by atoms with Gasteiger partial charge in [-0.15, -0.1) is 11.3 Å². The van der Waals surface area contributed by atoms with E-state index < -0.39 is 0 Å². The normalized spacial score (nSPS) is 15.5. The molecular weight excluding hydrogens is 260 g/mol. The van der Waals surface area contributed by atoms with Gasteiger partial charge in [0.25, 0.3) is 5.91 Å². The lowest BCUT2D eigenvalue weighted by Gasteiger charge is -2.26. The minimum atomic E-state index is 0.0583. The summed E-state index contributed by atoms with van der Waals surface area (Å²) < 4.78 is 5.25. The second-order valence-corrected chi connectivity index (χ2v) is 5.33. The quantitative estimate of drug-likeness (QED) is 0.843. The smallest absolute Gasteiger partial charge is 0.265 e. The van der Waals surface area contributed by atoms with Crippen LogP contribution in [0, 0.1) is 0 Å². The maximum Gasteiger partial charge on any atom is 0.265 e. The Morgan fingerprint density at radius 1 is 1.21 bits per heavy atom. The van der Waals surface area contributed by atoms with Gasteiger partial charge in [0.2, 0.25) is 0 Å². The van der Waals surface area contributed by atoms with Crippen LogP contribution in [0.2, 0.25) is 0 Å². The van der Waals surface area contributed by atoms with Crippen molar-refractivity contribution in [3.05, 3.63) is 41.4 Å². The van der Waals surface area contributed by atoms with Crippen molar-refractivity contribution >= 4 is 17.2 Å². The minimum Gasteiger partial charge on any atom is -0.378 e. The van der Waals surface area contributed by atoms with Crippen LogP contribution in [0.1, 0.15) is 9.67 Å². The molecule has 2 aromatic rings. The van der Waals surface area contributed by atoms with Gasteiger partial charge in [0.15, 0.2) is 0 Å². The van der Waals surface area contributed by atoms with Gasteiger partial charge < -0.3 is 9.64 Å². The number of ether oxygens (including phenoxy) is 1. The van der Waals surface area contributed by atoms with E-state index in [4.69, 9.17) is 4.74 Å². The number of aromatic nitrogens is 1. The summed E-state index contributed by atoms with van der Waals surface area (Å²) in [5.41, 5.74) is 1.05. The monoisotopic (exact) mass is 274 g/mol. The van der Waals surface area contributed by atoms with Crippen molar-refractivity contribution in [1.29, 1.82) is 0 Å². The summed E-state index contributed by atoms with van der Waals surface area (Å²) in [6, 6.07) is 9.92. The highest BCUT2D eigenvalue weighted by molar-refractivity contribution is 7.16. The number of thiazole rings is 1. The van der Waals surface area contributed by atoms with Crippen molar-refractivity contribution in [2.24, 2.45) is 0 Å². The molecule has 5 heteroatoms. The van der Waals surface area contributed by atoms with Crippen LogP contribution in [0.3, 0.4) is 0 Å². The molecule has 1 saturated heterocycles. The zero-order chi connectivity index (χ0) is 13.1. The van der Waals surface area contributed by atoms with Gasteiger partial charge in [0.05, 0.1) is 19.4 Å². The zero-order valence-corrected chi connectivity index (χ0v) is 11.2. The molecule has 0 saturated carbocycles. The summed E-state index contributed by atoms with van der Waals surface area (Å²) in [7, 11) is 0. The molecule has 1 amide bonds. The van der Waals surface area contributed by atoms with Crippen molar-refractivity contribution in [2.75, 3.05) is 26.3 Å². The third kappa shape index (κ3) is 2.67. The van der Waals surface area contributed by atoms with E-state index in [0.717, 1.165) is 10.6 Å². The molecule has 0 bridgehead atoms. The fourth-order valence-electron chi connectivity index (χ4n) is 2.01. The third-order valence-corrected chi connectivity index (χ3v) is 4.07.